The van der Waals surface area contributed by atoms with Crippen LogP contribution in [-0.2, 0) is 9.47 Å². The molecule has 0 saturated carbocycles. The molecule has 1 fully saturated rings. The molecule has 1 aliphatic heterocycles. The van der Waals surface area contributed by atoms with E-state index in [1.807, 2.05) is 24.3 Å². The molecule has 0 N–H and O–H groups in total. The van der Waals surface area contributed by atoms with Gasteiger partial charge in [-0.15, -0.1) is 0 Å². The van der Waals surface area contributed by atoms with Gasteiger partial charge in [0, 0.05) is 4.47 Å². The van der Waals surface area contributed by atoms with Gasteiger partial charge in [-0.25, -0.2) is 0 Å². The molecule has 82 valence electrons. The molecule has 1 heterocycles. The smallest absolute Gasteiger partial charge is 0.119 e. The predicted molar refractivity (Wildman–Crippen MR) is 60.2 cm³/mol. The minimum Gasteiger partial charge on any atom is -0.491 e. The van der Waals surface area contributed by atoms with Crippen molar-refractivity contribution in [2.45, 2.75) is 6.10 Å². The second-order valence-corrected chi connectivity index (χ2v) is 4.25. The van der Waals surface area contributed by atoms with Crippen molar-refractivity contribution in [1.82, 2.24) is 0 Å². The molecule has 1 saturated heterocycles. The summed E-state index contributed by atoms with van der Waals surface area (Å²) in [7, 11) is 0. The Morgan fingerprint density at radius 3 is 2.73 bits per heavy atom. The lowest BCUT2D eigenvalue weighted by molar-refractivity contribution is -0.101. The summed E-state index contributed by atoms with van der Waals surface area (Å²) in [6.45, 7) is 2.52. The van der Waals surface area contributed by atoms with Crippen LogP contribution in [-0.4, -0.2) is 32.5 Å². The molecular formula is C11H13BrO3. The Morgan fingerprint density at radius 2 is 2.07 bits per heavy atom. The highest BCUT2D eigenvalue weighted by atomic mass is 79.9. The van der Waals surface area contributed by atoms with Crippen LogP contribution in [0.15, 0.2) is 28.7 Å². The third-order valence-electron chi connectivity index (χ3n) is 2.13. The summed E-state index contributed by atoms with van der Waals surface area (Å²) < 4.78 is 17.4. The van der Waals surface area contributed by atoms with Crippen LogP contribution in [0.3, 0.4) is 0 Å². The number of hydrogen-bond donors (Lipinski definition) is 0. The molecule has 0 radical (unpaired) electrons. The standard InChI is InChI=1S/C11H13BrO3/c12-9-1-3-10(4-2-9)15-8-11-7-13-5-6-14-11/h1-4,11H,5-8H2/t11-/m1/s1. The van der Waals surface area contributed by atoms with Crippen molar-refractivity contribution in [2.24, 2.45) is 0 Å². The first kappa shape index (κ1) is 10.9. The third kappa shape index (κ3) is 3.48. The fourth-order valence-corrected chi connectivity index (χ4v) is 1.62. The molecule has 0 aliphatic carbocycles. The monoisotopic (exact) mass is 272 g/mol. The lowest BCUT2D eigenvalue weighted by atomic mass is 10.3. The average molecular weight is 273 g/mol. The second kappa shape index (κ2) is 5.49. The van der Waals surface area contributed by atoms with Crippen LogP contribution >= 0.6 is 15.9 Å². The highest BCUT2D eigenvalue weighted by Gasteiger charge is 2.14. The van der Waals surface area contributed by atoms with Gasteiger partial charge in [0.05, 0.1) is 19.8 Å². The molecule has 0 amide bonds. The van der Waals surface area contributed by atoms with E-state index in [9.17, 15) is 0 Å². The van der Waals surface area contributed by atoms with Gasteiger partial charge in [0.1, 0.15) is 18.5 Å². The Labute approximate surface area is 97.5 Å². The van der Waals surface area contributed by atoms with Crippen LogP contribution in [0.4, 0.5) is 0 Å². The molecule has 2 rings (SSSR count). The number of ether oxygens (including phenoxy) is 3. The Hall–Kier alpha value is -0.580. The van der Waals surface area contributed by atoms with E-state index in [1.165, 1.54) is 0 Å². The van der Waals surface area contributed by atoms with E-state index < -0.39 is 0 Å². The molecule has 1 aromatic carbocycles. The van der Waals surface area contributed by atoms with Gasteiger partial charge in [-0.1, -0.05) is 15.9 Å². The Bertz CT molecular complexity index is 293. The second-order valence-electron chi connectivity index (χ2n) is 3.33. The first-order valence-electron chi connectivity index (χ1n) is 4.92. The van der Waals surface area contributed by atoms with E-state index in [2.05, 4.69) is 15.9 Å². The van der Waals surface area contributed by atoms with Crippen molar-refractivity contribution in [1.29, 1.82) is 0 Å². The van der Waals surface area contributed by atoms with Crippen molar-refractivity contribution < 1.29 is 14.2 Å². The first-order chi connectivity index (χ1) is 7.34. The van der Waals surface area contributed by atoms with E-state index in [-0.39, 0.29) is 6.10 Å². The SMILES string of the molecule is Brc1ccc(OC[C@H]2COCCO2)cc1. The minimum atomic E-state index is 0.0578. The summed E-state index contributed by atoms with van der Waals surface area (Å²) >= 11 is 3.37. The number of benzene rings is 1. The maximum absolute atomic E-state index is 5.57. The van der Waals surface area contributed by atoms with E-state index >= 15 is 0 Å². The lowest BCUT2D eigenvalue weighted by Crippen LogP contribution is -2.33. The first-order valence-corrected chi connectivity index (χ1v) is 5.71. The van der Waals surface area contributed by atoms with Crippen LogP contribution in [0.5, 0.6) is 5.75 Å². The molecule has 1 atom stereocenters. The summed E-state index contributed by atoms with van der Waals surface area (Å²) in [5.74, 6) is 0.854. The van der Waals surface area contributed by atoms with Gasteiger partial charge >= 0.3 is 0 Å². The van der Waals surface area contributed by atoms with Gasteiger partial charge < -0.3 is 14.2 Å². The van der Waals surface area contributed by atoms with Gasteiger partial charge in [-0.05, 0) is 24.3 Å². The zero-order valence-electron chi connectivity index (χ0n) is 8.32. The fraction of sp³-hybridized carbons (Fsp3) is 0.455. The summed E-state index contributed by atoms with van der Waals surface area (Å²) in [6, 6.07) is 7.75. The molecular weight excluding hydrogens is 260 g/mol. The van der Waals surface area contributed by atoms with Crippen molar-refractivity contribution >= 4 is 15.9 Å². The largest absolute Gasteiger partial charge is 0.491 e. The van der Waals surface area contributed by atoms with Gasteiger partial charge in [0.15, 0.2) is 0 Å². The Morgan fingerprint density at radius 1 is 1.27 bits per heavy atom. The van der Waals surface area contributed by atoms with E-state index in [4.69, 9.17) is 14.2 Å². The van der Waals surface area contributed by atoms with Crippen molar-refractivity contribution in [2.75, 3.05) is 26.4 Å². The summed E-state index contributed by atoms with van der Waals surface area (Å²) in [5.41, 5.74) is 0. The van der Waals surface area contributed by atoms with Crippen molar-refractivity contribution in [3.8, 4) is 5.75 Å². The van der Waals surface area contributed by atoms with E-state index in [0.717, 1.165) is 10.2 Å². The average Bonchev–Trinajstić information content (AvgIpc) is 2.30. The molecule has 0 bridgehead atoms. The third-order valence-corrected chi connectivity index (χ3v) is 2.66. The maximum Gasteiger partial charge on any atom is 0.119 e. The van der Waals surface area contributed by atoms with Gasteiger partial charge in [-0.2, -0.15) is 0 Å². The number of hydrogen-bond acceptors (Lipinski definition) is 3. The fourth-order valence-electron chi connectivity index (χ4n) is 1.35. The topological polar surface area (TPSA) is 27.7 Å². The van der Waals surface area contributed by atoms with E-state index in [1.54, 1.807) is 0 Å². The van der Waals surface area contributed by atoms with Gasteiger partial charge in [0.25, 0.3) is 0 Å². The molecule has 1 aromatic rings. The predicted octanol–water partition coefficient (Wildman–Crippen LogP) is 2.24. The van der Waals surface area contributed by atoms with Crippen LogP contribution in [0.1, 0.15) is 0 Å². The lowest BCUT2D eigenvalue weighted by Gasteiger charge is -2.22. The zero-order chi connectivity index (χ0) is 10.5. The number of rotatable bonds is 3. The molecule has 0 unspecified atom stereocenters. The van der Waals surface area contributed by atoms with Crippen molar-refractivity contribution in [3.63, 3.8) is 0 Å². The number of halogens is 1. The van der Waals surface area contributed by atoms with Gasteiger partial charge in [-0.3, -0.25) is 0 Å². The minimum absolute atomic E-state index is 0.0578. The summed E-state index contributed by atoms with van der Waals surface area (Å²) in [4.78, 5) is 0. The molecule has 15 heavy (non-hydrogen) atoms. The van der Waals surface area contributed by atoms with E-state index in [0.29, 0.717) is 26.4 Å². The molecule has 0 spiro atoms. The quantitative estimate of drug-likeness (QED) is 0.845. The summed E-state index contributed by atoms with van der Waals surface area (Å²) in [6.07, 6.45) is 0.0578. The molecule has 1 aliphatic rings. The zero-order valence-corrected chi connectivity index (χ0v) is 9.90. The van der Waals surface area contributed by atoms with Crippen molar-refractivity contribution in [3.05, 3.63) is 28.7 Å². The highest BCUT2D eigenvalue weighted by molar-refractivity contribution is 9.10. The van der Waals surface area contributed by atoms with Gasteiger partial charge in [0.2, 0.25) is 0 Å². The van der Waals surface area contributed by atoms with Crippen LogP contribution < -0.4 is 4.74 Å². The van der Waals surface area contributed by atoms with Crippen LogP contribution in [0.2, 0.25) is 0 Å². The maximum atomic E-state index is 5.57. The summed E-state index contributed by atoms with van der Waals surface area (Å²) in [5, 5.41) is 0. The molecule has 3 nitrogen and oxygen atoms in total. The highest BCUT2D eigenvalue weighted by Crippen LogP contribution is 2.16. The Balaban J connectivity index is 1.79. The Kier molecular flexibility index (Phi) is 4.00. The van der Waals surface area contributed by atoms with Crippen LogP contribution in [0.25, 0.3) is 0 Å². The molecule has 0 aromatic heterocycles. The molecule has 4 heteroatoms. The normalized spacial score (nSPS) is 21.3. The van der Waals surface area contributed by atoms with Crippen LogP contribution in [0, 0.1) is 0 Å².